The molecule has 0 unspecified atom stereocenters. The van der Waals surface area contributed by atoms with Crippen LogP contribution in [0.25, 0.3) is 109 Å². The Morgan fingerprint density at radius 2 is 1.02 bits per heavy atom. The van der Waals surface area contributed by atoms with Crippen LogP contribution >= 0.6 is 11.3 Å². The molecule has 4 heteroatoms. The van der Waals surface area contributed by atoms with Crippen molar-refractivity contribution in [2.45, 2.75) is 12.8 Å². The maximum absolute atomic E-state index is 5.58. The lowest BCUT2D eigenvalue weighted by Gasteiger charge is -2.17. The SMILES string of the molecule is c1ccc(-c2cc(-c3ccccc3)nc(-n3c4cc(-c5cccc6c5sc5ccccc56)cc5c4c4c(cc(-n6c7ccccc7c7ccccc76)cc43)CC5)c2)cc1. The van der Waals surface area contributed by atoms with Gasteiger partial charge in [0.1, 0.15) is 5.82 Å². The van der Waals surface area contributed by atoms with Gasteiger partial charge in [0.15, 0.2) is 0 Å². The maximum atomic E-state index is 5.58. The van der Waals surface area contributed by atoms with Crippen LogP contribution in [0.2, 0.25) is 0 Å². The molecule has 276 valence electrons. The van der Waals surface area contributed by atoms with Crippen molar-refractivity contribution in [3.8, 4) is 45.0 Å². The molecular formula is C55H35N3S. The van der Waals surface area contributed by atoms with Crippen molar-refractivity contribution in [2.24, 2.45) is 0 Å². The highest BCUT2D eigenvalue weighted by Crippen LogP contribution is 2.46. The first-order chi connectivity index (χ1) is 29.2. The van der Waals surface area contributed by atoms with E-state index in [9.17, 15) is 0 Å². The maximum Gasteiger partial charge on any atom is 0.138 e. The number of thiophene rings is 1. The van der Waals surface area contributed by atoms with Crippen LogP contribution < -0.4 is 0 Å². The number of hydrogen-bond donors (Lipinski definition) is 0. The second-order valence-electron chi connectivity index (χ2n) is 15.8. The molecule has 0 N–H and O–H groups in total. The summed E-state index contributed by atoms with van der Waals surface area (Å²) >= 11 is 1.90. The van der Waals surface area contributed by atoms with Gasteiger partial charge in [-0.05, 0) is 94.8 Å². The normalized spacial score (nSPS) is 12.6. The first kappa shape index (κ1) is 32.8. The number of pyridine rings is 1. The molecule has 4 heterocycles. The highest BCUT2D eigenvalue weighted by molar-refractivity contribution is 7.26. The van der Waals surface area contributed by atoms with Gasteiger partial charge in [-0.2, -0.15) is 0 Å². The summed E-state index contributed by atoms with van der Waals surface area (Å²) in [5.41, 5.74) is 15.7. The second kappa shape index (κ2) is 12.6. The van der Waals surface area contributed by atoms with E-state index < -0.39 is 0 Å². The van der Waals surface area contributed by atoms with E-state index in [1.807, 2.05) is 11.3 Å². The largest absolute Gasteiger partial charge is 0.309 e. The quantitative estimate of drug-likeness (QED) is 0.171. The number of nitrogens with zero attached hydrogens (tertiary/aromatic N) is 3. The summed E-state index contributed by atoms with van der Waals surface area (Å²) in [7, 11) is 0. The van der Waals surface area contributed by atoms with Crippen molar-refractivity contribution >= 4 is 75.1 Å². The fourth-order valence-electron chi connectivity index (χ4n) is 9.97. The van der Waals surface area contributed by atoms with Crippen LogP contribution in [-0.2, 0) is 12.8 Å². The highest BCUT2D eigenvalue weighted by Gasteiger charge is 2.26. The predicted molar refractivity (Wildman–Crippen MR) is 250 cm³/mol. The van der Waals surface area contributed by atoms with Gasteiger partial charge in [-0.3, -0.25) is 4.57 Å². The molecule has 8 aromatic carbocycles. The molecule has 0 fully saturated rings. The van der Waals surface area contributed by atoms with Gasteiger partial charge < -0.3 is 4.57 Å². The van der Waals surface area contributed by atoms with E-state index in [2.05, 4.69) is 197 Å². The van der Waals surface area contributed by atoms with Crippen LogP contribution in [0.15, 0.2) is 188 Å². The standard InChI is InChI=1S/C55H35N3S/c1-3-14-34(15-4-1)38-30-46(35-16-5-2-6-17-35)56-52(32-38)58-49-31-39(41-21-13-22-45-44-20-9-12-25-51(44)59-55(41)45)28-36-26-27-37-29-40(33-50(58)54(37)53(36)49)57-47-23-10-7-18-42(47)43-19-8-11-24-48(43)57/h1-25,28-33H,26-27H2. The van der Waals surface area contributed by atoms with Crippen molar-refractivity contribution in [1.82, 2.24) is 14.1 Å². The molecule has 0 bridgehead atoms. The number of rotatable bonds is 5. The minimum Gasteiger partial charge on any atom is -0.309 e. The van der Waals surface area contributed by atoms with E-state index in [0.717, 1.165) is 35.5 Å². The third-order valence-corrected chi connectivity index (χ3v) is 13.8. The fraction of sp³-hybridized carbons (Fsp3) is 0.0364. The van der Waals surface area contributed by atoms with Crippen LogP contribution in [0.5, 0.6) is 0 Å². The van der Waals surface area contributed by atoms with Crippen LogP contribution in [-0.4, -0.2) is 14.1 Å². The average molecular weight is 770 g/mol. The minimum atomic E-state index is 0.917. The van der Waals surface area contributed by atoms with E-state index in [0.29, 0.717) is 0 Å². The molecule has 4 aromatic heterocycles. The van der Waals surface area contributed by atoms with Crippen LogP contribution in [0.1, 0.15) is 11.1 Å². The van der Waals surface area contributed by atoms with Gasteiger partial charge in [-0.15, -0.1) is 11.3 Å². The third kappa shape index (κ3) is 4.90. The topological polar surface area (TPSA) is 22.8 Å². The summed E-state index contributed by atoms with van der Waals surface area (Å²) in [6.45, 7) is 0. The van der Waals surface area contributed by atoms with E-state index in [1.54, 1.807) is 0 Å². The lowest BCUT2D eigenvalue weighted by Crippen LogP contribution is -2.02. The smallest absolute Gasteiger partial charge is 0.138 e. The number of benzene rings is 8. The lowest BCUT2D eigenvalue weighted by molar-refractivity contribution is 0.966. The Balaban J connectivity index is 1.16. The first-order valence-corrected chi connectivity index (χ1v) is 21.2. The molecule has 0 atom stereocenters. The number of para-hydroxylation sites is 2. The lowest BCUT2D eigenvalue weighted by atomic mass is 9.88. The van der Waals surface area contributed by atoms with E-state index in [4.69, 9.17) is 4.98 Å². The van der Waals surface area contributed by atoms with Crippen LogP contribution in [0.4, 0.5) is 0 Å². The molecule has 3 nitrogen and oxygen atoms in total. The molecule has 0 saturated heterocycles. The molecule has 12 aromatic rings. The van der Waals surface area contributed by atoms with Crippen molar-refractivity contribution in [2.75, 3.05) is 0 Å². The minimum absolute atomic E-state index is 0.917. The number of fused-ring (bicyclic) bond motifs is 6. The number of aromatic nitrogens is 3. The van der Waals surface area contributed by atoms with E-state index in [1.165, 1.54) is 97.3 Å². The Bertz CT molecular complexity index is 3550. The Morgan fingerprint density at radius 1 is 0.407 bits per heavy atom. The fourth-order valence-corrected chi connectivity index (χ4v) is 11.2. The number of aryl methyl sites for hydroxylation is 2. The predicted octanol–water partition coefficient (Wildman–Crippen LogP) is 14.7. The second-order valence-corrected chi connectivity index (χ2v) is 16.9. The van der Waals surface area contributed by atoms with E-state index >= 15 is 0 Å². The Labute approximate surface area is 344 Å². The Morgan fingerprint density at radius 3 is 1.76 bits per heavy atom. The summed E-state index contributed by atoms with van der Waals surface area (Å²) in [4.78, 5) is 5.58. The monoisotopic (exact) mass is 769 g/mol. The van der Waals surface area contributed by atoms with Gasteiger partial charge in [0, 0.05) is 53.0 Å². The third-order valence-electron chi connectivity index (χ3n) is 12.5. The van der Waals surface area contributed by atoms with Gasteiger partial charge in [-0.1, -0.05) is 140 Å². The van der Waals surface area contributed by atoms with Gasteiger partial charge in [0.05, 0.1) is 27.8 Å². The van der Waals surface area contributed by atoms with Gasteiger partial charge in [0.2, 0.25) is 0 Å². The average Bonchev–Trinajstić information content (AvgIpc) is 3.97. The van der Waals surface area contributed by atoms with Gasteiger partial charge >= 0.3 is 0 Å². The van der Waals surface area contributed by atoms with Crippen LogP contribution in [0.3, 0.4) is 0 Å². The zero-order valence-corrected chi connectivity index (χ0v) is 32.9. The first-order valence-electron chi connectivity index (χ1n) is 20.4. The molecule has 0 aliphatic heterocycles. The van der Waals surface area contributed by atoms with Crippen molar-refractivity contribution in [3.63, 3.8) is 0 Å². The molecule has 0 saturated carbocycles. The summed E-state index contributed by atoms with van der Waals surface area (Å²) < 4.78 is 7.61. The van der Waals surface area contributed by atoms with Gasteiger partial charge in [-0.25, -0.2) is 4.98 Å². The molecule has 0 spiro atoms. The number of hydrogen-bond acceptors (Lipinski definition) is 2. The molecule has 0 radical (unpaired) electrons. The summed E-state index contributed by atoms with van der Waals surface area (Å²) in [6, 6.07) is 69.0. The summed E-state index contributed by atoms with van der Waals surface area (Å²) in [5.74, 6) is 0.917. The molecule has 59 heavy (non-hydrogen) atoms. The zero-order chi connectivity index (χ0) is 38.6. The molecular weight excluding hydrogens is 735 g/mol. The summed E-state index contributed by atoms with van der Waals surface area (Å²) in [5, 5.41) is 7.86. The molecule has 13 rings (SSSR count). The highest BCUT2D eigenvalue weighted by atomic mass is 32.1. The van der Waals surface area contributed by atoms with Crippen molar-refractivity contribution in [1.29, 1.82) is 0 Å². The van der Waals surface area contributed by atoms with E-state index in [-0.39, 0.29) is 0 Å². The summed E-state index contributed by atoms with van der Waals surface area (Å²) in [6.07, 6.45) is 1.94. The molecule has 0 amide bonds. The van der Waals surface area contributed by atoms with Crippen molar-refractivity contribution in [3.05, 3.63) is 199 Å². The van der Waals surface area contributed by atoms with Crippen LogP contribution in [0, 0.1) is 0 Å². The van der Waals surface area contributed by atoms with Gasteiger partial charge in [0.25, 0.3) is 0 Å². The molecule has 1 aliphatic rings. The van der Waals surface area contributed by atoms with Crippen molar-refractivity contribution < 1.29 is 0 Å². The molecule has 1 aliphatic carbocycles. The zero-order valence-electron chi connectivity index (χ0n) is 32.1. The Kier molecular flexibility index (Phi) is 7.01. The Hall–Kier alpha value is -7.27.